The zero-order chi connectivity index (χ0) is 17.3. The zero-order valence-electron chi connectivity index (χ0n) is 13.5. The number of aliphatic hydroxyl groups is 1. The fraction of sp³-hybridized carbons (Fsp3) is 0.471. The van der Waals surface area contributed by atoms with Crippen molar-refractivity contribution in [2.75, 3.05) is 6.54 Å². The summed E-state index contributed by atoms with van der Waals surface area (Å²) in [5.41, 5.74) is 0.581. The molecule has 24 heavy (non-hydrogen) atoms. The van der Waals surface area contributed by atoms with Crippen molar-refractivity contribution < 1.29 is 14.3 Å². The lowest BCUT2D eigenvalue weighted by Crippen LogP contribution is -2.46. The number of rotatable bonds is 4. The fourth-order valence-electron chi connectivity index (χ4n) is 3.16. The number of nitrogens with zero attached hydrogens (tertiary/aromatic N) is 2. The Bertz CT molecular complexity index is 834. The molecule has 2 atom stereocenters. The van der Waals surface area contributed by atoms with Crippen LogP contribution in [0.4, 0.5) is 4.39 Å². The van der Waals surface area contributed by atoms with Crippen LogP contribution in [0, 0.1) is 12.7 Å². The second kappa shape index (κ2) is 6.78. The maximum Gasteiger partial charge on any atom is 0.261 e. The second-order valence-corrected chi connectivity index (χ2v) is 6.31. The Labute approximate surface area is 138 Å². The lowest BCUT2D eigenvalue weighted by molar-refractivity contribution is -0.121. The molecular formula is C17H20FN3O3. The van der Waals surface area contributed by atoms with Crippen LogP contribution in [-0.2, 0) is 11.3 Å². The molecule has 0 spiro atoms. The summed E-state index contributed by atoms with van der Waals surface area (Å²) < 4.78 is 14.7. The maximum absolute atomic E-state index is 13.5. The highest BCUT2D eigenvalue weighted by Crippen LogP contribution is 2.15. The molecule has 0 radical (unpaired) electrons. The molecule has 3 rings (SSSR count). The number of carbonyl (C=O) groups is 1. The molecule has 2 aromatic rings. The number of hydrogen-bond acceptors (Lipinski definition) is 5. The van der Waals surface area contributed by atoms with Gasteiger partial charge in [0.25, 0.3) is 5.56 Å². The number of halogens is 1. The Morgan fingerprint density at radius 2 is 2.29 bits per heavy atom. The number of ketones is 1. The van der Waals surface area contributed by atoms with Crippen molar-refractivity contribution in [2.45, 2.75) is 44.9 Å². The highest BCUT2D eigenvalue weighted by Gasteiger charge is 2.25. The summed E-state index contributed by atoms with van der Waals surface area (Å²) in [6.07, 6.45) is 2.46. The summed E-state index contributed by atoms with van der Waals surface area (Å²) in [5, 5.41) is 13.2. The lowest BCUT2D eigenvalue weighted by Gasteiger charge is -2.28. The molecule has 2 heterocycles. The molecule has 1 aliphatic heterocycles. The predicted octanol–water partition coefficient (Wildman–Crippen LogP) is 0.916. The molecule has 1 aliphatic rings. The predicted molar refractivity (Wildman–Crippen MR) is 87.4 cm³/mol. The van der Waals surface area contributed by atoms with Crippen LogP contribution in [0.5, 0.6) is 0 Å². The molecular weight excluding hydrogens is 313 g/mol. The normalized spacial score (nSPS) is 21.1. The third-order valence-corrected chi connectivity index (χ3v) is 4.42. The van der Waals surface area contributed by atoms with E-state index >= 15 is 0 Å². The average Bonchev–Trinajstić information content (AvgIpc) is 2.53. The Morgan fingerprint density at radius 3 is 3.04 bits per heavy atom. The van der Waals surface area contributed by atoms with Crippen molar-refractivity contribution in [3.05, 3.63) is 40.2 Å². The van der Waals surface area contributed by atoms with Gasteiger partial charge in [0, 0.05) is 12.5 Å². The van der Waals surface area contributed by atoms with E-state index in [4.69, 9.17) is 0 Å². The first-order valence-electron chi connectivity index (χ1n) is 8.04. The van der Waals surface area contributed by atoms with Crippen LogP contribution in [0.3, 0.4) is 0 Å². The van der Waals surface area contributed by atoms with Gasteiger partial charge in [-0.15, -0.1) is 0 Å². The van der Waals surface area contributed by atoms with Gasteiger partial charge in [0.1, 0.15) is 5.82 Å². The van der Waals surface area contributed by atoms with Crippen molar-refractivity contribution in [3.8, 4) is 0 Å². The molecule has 0 saturated carbocycles. The molecule has 0 bridgehead atoms. The molecule has 6 nitrogen and oxygen atoms in total. The number of fused-ring (bicyclic) bond motifs is 1. The van der Waals surface area contributed by atoms with Crippen molar-refractivity contribution in [3.63, 3.8) is 0 Å². The van der Waals surface area contributed by atoms with E-state index in [-0.39, 0.29) is 30.2 Å². The molecule has 1 aromatic heterocycles. The first-order valence-corrected chi connectivity index (χ1v) is 8.04. The summed E-state index contributed by atoms with van der Waals surface area (Å²) in [7, 11) is 0. The molecule has 1 aromatic carbocycles. The summed E-state index contributed by atoms with van der Waals surface area (Å²) >= 11 is 0. The number of piperidine rings is 1. The van der Waals surface area contributed by atoms with Gasteiger partial charge < -0.3 is 10.4 Å². The van der Waals surface area contributed by atoms with Gasteiger partial charge in [-0.2, -0.15) is 0 Å². The van der Waals surface area contributed by atoms with Gasteiger partial charge in [-0.05, 0) is 44.0 Å². The first-order chi connectivity index (χ1) is 11.5. The number of carbonyl (C=O) groups excluding carboxylic acids is 1. The third kappa shape index (κ3) is 3.37. The van der Waals surface area contributed by atoms with E-state index in [2.05, 4.69) is 10.3 Å². The monoisotopic (exact) mass is 333 g/mol. The van der Waals surface area contributed by atoms with E-state index in [0.29, 0.717) is 17.5 Å². The summed E-state index contributed by atoms with van der Waals surface area (Å²) in [5.74, 6) is -0.678. The summed E-state index contributed by atoms with van der Waals surface area (Å²) in [4.78, 5) is 28.9. The van der Waals surface area contributed by atoms with E-state index in [1.165, 1.54) is 17.0 Å². The van der Waals surface area contributed by atoms with Crippen molar-refractivity contribution in [1.29, 1.82) is 0 Å². The van der Waals surface area contributed by atoms with Crippen LogP contribution in [-0.4, -0.2) is 39.1 Å². The molecule has 7 heteroatoms. The van der Waals surface area contributed by atoms with E-state index in [0.717, 1.165) is 19.0 Å². The van der Waals surface area contributed by atoms with Gasteiger partial charge in [0.05, 0.1) is 29.9 Å². The molecule has 128 valence electrons. The van der Waals surface area contributed by atoms with Crippen LogP contribution >= 0.6 is 0 Å². The Hall–Kier alpha value is -2.12. The molecule has 0 amide bonds. The van der Waals surface area contributed by atoms with Gasteiger partial charge in [0.15, 0.2) is 5.78 Å². The third-order valence-electron chi connectivity index (χ3n) is 4.42. The van der Waals surface area contributed by atoms with Gasteiger partial charge in [-0.25, -0.2) is 9.37 Å². The zero-order valence-corrected chi connectivity index (χ0v) is 13.5. The number of hydrogen-bond donors (Lipinski definition) is 2. The lowest BCUT2D eigenvalue weighted by atomic mass is 9.97. The van der Waals surface area contributed by atoms with E-state index in [1.54, 1.807) is 6.92 Å². The molecule has 2 N–H and O–H groups in total. The van der Waals surface area contributed by atoms with Crippen molar-refractivity contribution >= 4 is 16.7 Å². The topological polar surface area (TPSA) is 84.2 Å². The standard InChI is InChI=1S/C17H20FN3O3/c1-10-5-11(18)6-13-16(10)20-9-21(17(13)24)8-12(22)7-14-15(23)3-2-4-19-14/h5-6,9,14-15,19,23H,2-4,7-8H2,1H3/t14-,15+/m1/s1. The second-order valence-electron chi connectivity index (χ2n) is 6.31. The summed E-state index contributed by atoms with van der Waals surface area (Å²) in [6, 6.07) is 2.18. The molecule has 0 unspecified atom stereocenters. The Balaban J connectivity index is 1.81. The number of nitrogens with one attached hydrogen (secondary N) is 1. The smallest absolute Gasteiger partial charge is 0.261 e. The number of aromatic nitrogens is 2. The Morgan fingerprint density at radius 1 is 1.50 bits per heavy atom. The summed E-state index contributed by atoms with van der Waals surface area (Å²) in [6.45, 7) is 2.32. The van der Waals surface area contributed by atoms with Gasteiger partial charge in [-0.1, -0.05) is 0 Å². The molecule has 0 aliphatic carbocycles. The van der Waals surface area contributed by atoms with E-state index in [9.17, 15) is 19.1 Å². The van der Waals surface area contributed by atoms with Crippen molar-refractivity contribution in [1.82, 2.24) is 14.9 Å². The van der Waals surface area contributed by atoms with Gasteiger partial charge in [0.2, 0.25) is 0 Å². The highest BCUT2D eigenvalue weighted by molar-refractivity contribution is 5.82. The minimum Gasteiger partial charge on any atom is -0.391 e. The minimum atomic E-state index is -0.550. The van der Waals surface area contributed by atoms with E-state index in [1.807, 2.05) is 0 Å². The minimum absolute atomic E-state index is 0.137. The van der Waals surface area contributed by atoms with Crippen LogP contribution < -0.4 is 10.9 Å². The number of benzene rings is 1. The van der Waals surface area contributed by atoms with Gasteiger partial charge >= 0.3 is 0 Å². The highest BCUT2D eigenvalue weighted by atomic mass is 19.1. The quantitative estimate of drug-likeness (QED) is 0.869. The van der Waals surface area contributed by atoms with Crippen LogP contribution in [0.1, 0.15) is 24.8 Å². The molecule has 1 fully saturated rings. The van der Waals surface area contributed by atoms with Crippen molar-refractivity contribution in [2.24, 2.45) is 0 Å². The first kappa shape index (κ1) is 16.7. The average molecular weight is 333 g/mol. The number of aliphatic hydroxyl groups excluding tert-OH is 1. The molecule has 1 saturated heterocycles. The number of Topliss-reactive ketones (excluding diaryl/α,β-unsaturated/α-hetero) is 1. The van der Waals surface area contributed by atoms with E-state index < -0.39 is 17.5 Å². The van der Waals surface area contributed by atoms with Crippen LogP contribution in [0.2, 0.25) is 0 Å². The maximum atomic E-state index is 13.5. The van der Waals surface area contributed by atoms with Crippen LogP contribution in [0.25, 0.3) is 10.9 Å². The number of aryl methyl sites for hydroxylation is 1. The Kier molecular flexibility index (Phi) is 4.73. The van der Waals surface area contributed by atoms with Crippen LogP contribution in [0.15, 0.2) is 23.3 Å². The van der Waals surface area contributed by atoms with Gasteiger partial charge in [-0.3, -0.25) is 14.2 Å². The largest absolute Gasteiger partial charge is 0.391 e. The SMILES string of the molecule is Cc1cc(F)cc2c(=O)n(CC(=O)C[C@H]3NCCC[C@@H]3O)cnc12. The fourth-order valence-corrected chi connectivity index (χ4v) is 3.16.